The number of carboxylic acid groups (broad SMARTS) is 2. The van der Waals surface area contributed by atoms with Crippen molar-refractivity contribution >= 4 is 30.5 Å². The number of likely N-dealkylation sites (tertiary alicyclic amines) is 1. The van der Waals surface area contributed by atoms with Gasteiger partial charge in [0.2, 0.25) is 0 Å². The molecule has 0 saturated carbocycles. The molecular formula is C17H21F3N2O5S. The number of alkyl halides is 3. The number of benzene rings is 1. The van der Waals surface area contributed by atoms with Crippen LogP contribution in [0, 0.1) is 0 Å². The largest absolute Gasteiger partial charge is 0.490 e. The summed E-state index contributed by atoms with van der Waals surface area (Å²) in [5.74, 6) is -4.18. The number of hydrogen-bond donors (Lipinski definition) is 4. The van der Waals surface area contributed by atoms with Gasteiger partial charge in [0.15, 0.2) is 0 Å². The summed E-state index contributed by atoms with van der Waals surface area (Å²) < 4.78 is 31.0. The Labute approximate surface area is 164 Å². The number of amides is 1. The van der Waals surface area contributed by atoms with Crippen molar-refractivity contribution in [2.45, 2.75) is 29.8 Å². The normalized spacial score (nSPS) is 17.6. The molecule has 1 aliphatic heterocycles. The number of carboxylic acids is 2. The zero-order valence-electron chi connectivity index (χ0n) is 14.9. The van der Waals surface area contributed by atoms with Gasteiger partial charge in [0, 0.05) is 10.3 Å². The molecule has 1 aromatic carbocycles. The van der Waals surface area contributed by atoms with Gasteiger partial charge < -0.3 is 20.4 Å². The third-order valence-corrected chi connectivity index (χ3v) is 4.90. The van der Waals surface area contributed by atoms with Crippen LogP contribution < -0.4 is 5.32 Å². The van der Waals surface area contributed by atoms with Crippen molar-refractivity contribution in [1.82, 2.24) is 10.2 Å². The van der Waals surface area contributed by atoms with E-state index in [1.54, 1.807) is 24.3 Å². The first-order valence-electron chi connectivity index (χ1n) is 8.16. The smallest absolute Gasteiger partial charge is 0.480 e. The molecule has 1 saturated heterocycles. The van der Waals surface area contributed by atoms with Crippen LogP contribution in [-0.4, -0.2) is 70.1 Å². The van der Waals surface area contributed by atoms with Gasteiger partial charge >= 0.3 is 18.1 Å². The molecule has 1 aromatic rings. The maximum atomic E-state index is 12.2. The maximum Gasteiger partial charge on any atom is 0.490 e. The fraction of sp³-hybridized carbons (Fsp3) is 0.471. The number of nitrogens with zero attached hydrogens (tertiary/aromatic N) is 1. The first-order valence-corrected chi connectivity index (χ1v) is 8.61. The molecule has 0 bridgehead atoms. The number of nitrogens with one attached hydrogen (secondary N) is 1. The van der Waals surface area contributed by atoms with Gasteiger partial charge in [-0.1, -0.05) is 18.2 Å². The lowest BCUT2D eigenvalue weighted by atomic mass is 9.88. The monoisotopic (exact) mass is 422 g/mol. The van der Waals surface area contributed by atoms with Crippen LogP contribution in [-0.2, 0) is 9.59 Å². The summed E-state index contributed by atoms with van der Waals surface area (Å²) in [6, 6.07) is 7.63. The van der Waals surface area contributed by atoms with Crippen LogP contribution in [0.3, 0.4) is 0 Å². The number of halogens is 3. The number of carbonyl (C=O) groups is 3. The molecule has 11 heteroatoms. The molecule has 28 heavy (non-hydrogen) atoms. The van der Waals surface area contributed by atoms with Crippen molar-refractivity contribution < 1.29 is 37.8 Å². The number of carbonyl (C=O) groups excluding carboxylic acids is 1. The minimum atomic E-state index is -5.08. The van der Waals surface area contributed by atoms with E-state index in [9.17, 15) is 27.9 Å². The second-order valence-corrected chi connectivity index (χ2v) is 7.21. The van der Waals surface area contributed by atoms with Crippen molar-refractivity contribution in [3.8, 4) is 0 Å². The molecule has 1 unspecified atom stereocenters. The van der Waals surface area contributed by atoms with Gasteiger partial charge in [-0.25, -0.2) is 9.59 Å². The fourth-order valence-electron chi connectivity index (χ4n) is 2.52. The molecule has 0 radical (unpaired) electrons. The molecule has 7 nitrogen and oxygen atoms in total. The lowest BCUT2D eigenvalue weighted by Crippen LogP contribution is -2.57. The van der Waals surface area contributed by atoms with Crippen LogP contribution in [0.15, 0.2) is 30.3 Å². The highest BCUT2D eigenvalue weighted by molar-refractivity contribution is 7.82. The molecule has 1 fully saturated rings. The van der Waals surface area contributed by atoms with Crippen LogP contribution in [0.2, 0.25) is 0 Å². The molecule has 1 heterocycles. The van der Waals surface area contributed by atoms with Gasteiger partial charge in [-0.2, -0.15) is 25.8 Å². The Morgan fingerprint density at radius 1 is 1.14 bits per heavy atom. The van der Waals surface area contributed by atoms with E-state index in [1.807, 2.05) is 13.1 Å². The quantitative estimate of drug-likeness (QED) is 0.552. The standard InChI is InChI=1S/C15H20N2O3S.C2HF3O2/c1-17-9-7-15(21,8-10-17)12(14(19)20)16-13(18)11-5-3-2-4-6-11;3-2(4,5)1(6)7/h2-6,12,21H,7-10H2,1H3,(H,16,18)(H,19,20);(H,6,7). The van der Waals surface area contributed by atoms with Gasteiger partial charge in [-0.3, -0.25) is 4.79 Å². The van der Waals surface area contributed by atoms with Gasteiger partial charge in [0.05, 0.1) is 0 Å². The molecule has 1 atom stereocenters. The van der Waals surface area contributed by atoms with E-state index >= 15 is 0 Å². The highest BCUT2D eigenvalue weighted by atomic mass is 32.1. The Kier molecular flexibility index (Phi) is 8.30. The number of aliphatic carboxylic acids is 2. The van der Waals surface area contributed by atoms with E-state index in [0.29, 0.717) is 18.4 Å². The molecular weight excluding hydrogens is 401 g/mol. The Hall–Kier alpha value is -2.27. The summed E-state index contributed by atoms with van der Waals surface area (Å²) >= 11 is 4.59. The predicted molar refractivity (Wildman–Crippen MR) is 97.5 cm³/mol. The molecule has 0 spiro atoms. The molecule has 156 valence electrons. The number of thiol groups is 1. The first-order chi connectivity index (χ1) is 12.9. The first kappa shape index (κ1) is 23.8. The van der Waals surface area contributed by atoms with Crippen molar-refractivity contribution in [3.63, 3.8) is 0 Å². The Morgan fingerprint density at radius 2 is 1.61 bits per heavy atom. The van der Waals surface area contributed by atoms with Crippen molar-refractivity contribution in [2.75, 3.05) is 20.1 Å². The van der Waals surface area contributed by atoms with Gasteiger partial charge in [0.1, 0.15) is 6.04 Å². The number of hydrogen-bond acceptors (Lipinski definition) is 5. The van der Waals surface area contributed by atoms with Crippen LogP contribution in [0.5, 0.6) is 0 Å². The second-order valence-electron chi connectivity index (χ2n) is 6.32. The predicted octanol–water partition coefficient (Wildman–Crippen LogP) is 1.90. The maximum absolute atomic E-state index is 12.2. The molecule has 0 aliphatic carbocycles. The summed E-state index contributed by atoms with van der Waals surface area (Å²) in [7, 11) is 1.99. The molecule has 1 amide bonds. The summed E-state index contributed by atoms with van der Waals surface area (Å²) in [5.41, 5.74) is 0.452. The van der Waals surface area contributed by atoms with Crippen molar-refractivity contribution in [2.24, 2.45) is 0 Å². The highest BCUT2D eigenvalue weighted by Gasteiger charge is 2.43. The second kappa shape index (κ2) is 9.78. The topological polar surface area (TPSA) is 107 Å². The van der Waals surface area contributed by atoms with E-state index in [0.717, 1.165) is 13.1 Å². The minimum absolute atomic E-state index is 0.379. The van der Waals surface area contributed by atoms with E-state index in [1.165, 1.54) is 0 Å². The summed E-state index contributed by atoms with van der Waals surface area (Å²) in [5, 5.41) is 19.2. The Bertz CT molecular complexity index is 692. The van der Waals surface area contributed by atoms with E-state index in [4.69, 9.17) is 9.90 Å². The van der Waals surface area contributed by atoms with Crippen LogP contribution in [0.4, 0.5) is 13.2 Å². The minimum Gasteiger partial charge on any atom is -0.480 e. The van der Waals surface area contributed by atoms with Crippen molar-refractivity contribution in [3.05, 3.63) is 35.9 Å². The van der Waals surface area contributed by atoms with Gasteiger partial charge in [-0.05, 0) is 45.1 Å². The third-order valence-electron chi connectivity index (χ3n) is 4.19. The van der Waals surface area contributed by atoms with E-state index < -0.39 is 28.9 Å². The third kappa shape index (κ3) is 7.04. The lowest BCUT2D eigenvalue weighted by molar-refractivity contribution is -0.192. The lowest BCUT2D eigenvalue weighted by Gasteiger charge is -2.40. The highest BCUT2D eigenvalue weighted by Crippen LogP contribution is 2.32. The summed E-state index contributed by atoms with van der Waals surface area (Å²) in [6.45, 7) is 1.54. The van der Waals surface area contributed by atoms with Crippen LogP contribution in [0.1, 0.15) is 23.2 Å². The number of piperidine rings is 1. The molecule has 3 N–H and O–H groups in total. The van der Waals surface area contributed by atoms with E-state index in [-0.39, 0.29) is 5.91 Å². The zero-order valence-corrected chi connectivity index (χ0v) is 15.8. The molecule has 1 aliphatic rings. The Balaban J connectivity index is 0.000000480. The fourth-order valence-corrected chi connectivity index (χ4v) is 2.90. The van der Waals surface area contributed by atoms with Gasteiger partial charge in [-0.15, -0.1) is 0 Å². The average Bonchev–Trinajstić information content (AvgIpc) is 2.62. The number of rotatable bonds is 4. The zero-order chi connectivity index (χ0) is 21.5. The van der Waals surface area contributed by atoms with Crippen molar-refractivity contribution in [1.29, 1.82) is 0 Å². The molecule has 0 aromatic heterocycles. The van der Waals surface area contributed by atoms with Crippen LogP contribution in [0.25, 0.3) is 0 Å². The van der Waals surface area contributed by atoms with Crippen LogP contribution >= 0.6 is 12.6 Å². The summed E-state index contributed by atoms with van der Waals surface area (Å²) in [4.78, 5) is 34.8. The molecule has 2 rings (SSSR count). The van der Waals surface area contributed by atoms with E-state index in [2.05, 4.69) is 22.8 Å². The summed E-state index contributed by atoms with van der Waals surface area (Å²) in [6.07, 6.45) is -3.84. The average molecular weight is 422 g/mol. The van der Waals surface area contributed by atoms with Gasteiger partial charge in [0.25, 0.3) is 5.91 Å². The Morgan fingerprint density at radius 3 is 2.00 bits per heavy atom. The SMILES string of the molecule is CN1CCC(S)(C(NC(=O)c2ccccc2)C(=O)O)CC1.O=C(O)C(F)(F)F.